The van der Waals surface area contributed by atoms with Crippen molar-refractivity contribution < 1.29 is 18.7 Å². The third-order valence-corrected chi connectivity index (χ3v) is 5.72. The maximum atomic E-state index is 13.5. The Morgan fingerprint density at radius 1 is 1.33 bits per heavy atom. The average molecular weight is 415 g/mol. The van der Waals surface area contributed by atoms with Crippen LogP contribution >= 0.6 is 0 Å². The van der Waals surface area contributed by atoms with Gasteiger partial charge in [0.1, 0.15) is 11.6 Å². The molecular formula is C21H26FN5O3. The molecule has 0 unspecified atom stereocenters. The number of ether oxygens (including phenoxy) is 1. The summed E-state index contributed by atoms with van der Waals surface area (Å²) in [6.45, 7) is 3.37. The number of benzene rings is 1. The molecule has 0 saturated carbocycles. The number of aromatic nitrogens is 3. The Bertz CT molecular complexity index is 912. The molecule has 0 aliphatic carbocycles. The predicted molar refractivity (Wildman–Crippen MR) is 106 cm³/mol. The van der Waals surface area contributed by atoms with Crippen LogP contribution in [0.15, 0.2) is 24.3 Å². The topological polar surface area (TPSA) is 100 Å². The molecule has 30 heavy (non-hydrogen) atoms. The Kier molecular flexibility index (Phi) is 6.08. The maximum Gasteiger partial charge on any atom is 0.227 e. The van der Waals surface area contributed by atoms with Crippen LogP contribution in [0.2, 0.25) is 0 Å². The van der Waals surface area contributed by atoms with Crippen LogP contribution in [0.1, 0.15) is 42.5 Å². The van der Waals surface area contributed by atoms with E-state index in [1.165, 1.54) is 12.1 Å². The number of nitrogens with zero attached hydrogens (tertiary/aromatic N) is 3. The fourth-order valence-corrected chi connectivity index (χ4v) is 4.17. The number of hydrogen-bond donors (Lipinski definition) is 2. The Balaban J connectivity index is 1.47. The first-order valence-corrected chi connectivity index (χ1v) is 10.3. The van der Waals surface area contributed by atoms with Crippen molar-refractivity contribution in [2.75, 3.05) is 19.8 Å². The standard InChI is InChI=1S/C21H26FN5O3/c1-13-23-20(26-25-13)18-11-17(24-21(29)15-5-7-30-8-6-15)12-27(18)19(28)10-14-3-2-4-16(22)9-14/h2-4,9,15,17-18H,5-8,10-12H2,1H3,(H,24,29)(H,23,25,26)/t17-,18-/m0/s1. The van der Waals surface area contributed by atoms with Crippen molar-refractivity contribution in [1.29, 1.82) is 0 Å². The van der Waals surface area contributed by atoms with Crippen LogP contribution in [-0.2, 0) is 20.7 Å². The number of H-pyrrole nitrogens is 1. The van der Waals surface area contributed by atoms with Gasteiger partial charge in [0.05, 0.1) is 12.5 Å². The van der Waals surface area contributed by atoms with Crippen LogP contribution in [0.25, 0.3) is 0 Å². The molecule has 0 radical (unpaired) electrons. The molecule has 2 fully saturated rings. The maximum absolute atomic E-state index is 13.5. The van der Waals surface area contributed by atoms with Crippen molar-refractivity contribution in [3.63, 3.8) is 0 Å². The molecule has 0 spiro atoms. The van der Waals surface area contributed by atoms with Gasteiger partial charge in [0, 0.05) is 31.7 Å². The van der Waals surface area contributed by atoms with Crippen LogP contribution in [0, 0.1) is 18.7 Å². The summed E-state index contributed by atoms with van der Waals surface area (Å²) >= 11 is 0. The summed E-state index contributed by atoms with van der Waals surface area (Å²) in [5, 5.41) is 10.2. The lowest BCUT2D eigenvalue weighted by Crippen LogP contribution is -2.42. The van der Waals surface area contributed by atoms with Gasteiger partial charge in [0.2, 0.25) is 11.8 Å². The van der Waals surface area contributed by atoms with Crippen molar-refractivity contribution in [2.45, 2.75) is 44.7 Å². The third kappa shape index (κ3) is 4.67. The zero-order valence-electron chi connectivity index (χ0n) is 16.9. The zero-order chi connectivity index (χ0) is 21.1. The molecule has 1 aromatic heterocycles. The van der Waals surface area contributed by atoms with Crippen LogP contribution in [0.4, 0.5) is 4.39 Å². The summed E-state index contributed by atoms with van der Waals surface area (Å²) < 4.78 is 18.8. The first-order valence-electron chi connectivity index (χ1n) is 10.3. The number of carbonyl (C=O) groups is 2. The summed E-state index contributed by atoms with van der Waals surface area (Å²) in [4.78, 5) is 31.8. The number of halogens is 1. The van der Waals surface area contributed by atoms with E-state index in [-0.39, 0.29) is 42.1 Å². The second kappa shape index (κ2) is 8.91. The van der Waals surface area contributed by atoms with E-state index in [0.717, 1.165) is 0 Å². The highest BCUT2D eigenvalue weighted by atomic mass is 19.1. The van der Waals surface area contributed by atoms with E-state index < -0.39 is 0 Å². The number of rotatable bonds is 5. The lowest BCUT2D eigenvalue weighted by molar-refractivity contribution is -0.132. The molecule has 8 nitrogen and oxygen atoms in total. The molecule has 2 aromatic rings. The van der Waals surface area contributed by atoms with E-state index >= 15 is 0 Å². The number of nitrogens with one attached hydrogen (secondary N) is 2. The van der Waals surface area contributed by atoms with E-state index in [9.17, 15) is 14.0 Å². The molecule has 3 heterocycles. The second-order valence-electron chi connectivity index (χ2n) is 7.98. The van der Waals surface area contributed by atoms with Crippen molar-refractivity contribution >= 4 is 11.8 Å². The fourth-order valence-electron chi connectivity index (χ4n) is 4.17. The van der Waals surface area contributed by atoms with E-state index in [4.69, 9.17) is 4.74 Å². The normalized spacial score (nSPS) is 22.3. The number of amides is 2. The van der Waals surface area contributed by atoms with Gasteiger partial charge in [-0.1, -0.05) is 12.1 Å². The molecule has 4 rings (SSSR count). The largest absolute Gasteiger partial charge is 0.381 e. The SMILES string of the molecule is Cc1nc([C@@H]2C[C@H](NC(=O)C3CCOCC3)CN2C(=O)Cc2cccc(F)c2)n[nH]1. The average Bonchev–Trinajstić information content (AvgIpc) is 3.35. The van der Waals surface area contributed by atoms with Gasteiger partial charge in [-0.2, -0.15) is 5.10 Å². The smallest absolute Gasteiger partial charge is 0.227 e. The molecule has 2 saturated heterocycles. The Morgan fingerprint density at radius 2 is 2.13 bits per heavy atom. The van der Waals surface area contributed by atoms with Gasteiger partial charge < -0.3 is 15.0 Å². The van der Waals surface area contributed by atoms with Crippen molar-refractivity contribution in [1.82, 2.24) is 25.4 Å². The summed E-state index contributed by atoms with van der Waals surface area (Å²) in [7, 11) is 0. The predicted octanol–water partition coefficient (Wildman–Crippen LogP) is 1.68. The van der Waals surface area contributed by atoms with E-state index in [2.05, 4.69) is 20.5 Å². The van der Waals surface area contributed by atoms with Crippen molar-refractivity contribution in [3.8, 4) is 0 Å². The molecule has 2 aliphatic rings. The lowest BCUT2D eigenvalue weighted by atomic mass is 9.99. The number of hydrogen-bond acceptors (Lipinski definition) is 5. The minimum absolute atomic E-state index is 0.00708. The van der Waals surface area contributed by atoms with Gasteiger partial charge >= 0.3 is 0 Å². The van der Waals surface area contributed by atoms with Crippen LogP contribution in [0.3, 0.4) is 0 Å². The Morgan fingerprint density at radius 3 is 2.83 bits per heavy atom. The fraction of sp³-hybridized carbons (Fsp3) is 0.524. The highest BCUT2D eigenvalue weighted by Gasteiger charge is 2.39. The molecule has 2 aliphatic heterocycles. The molecular weight excluding hydrogens is 389 g/mol. The molecule has 1 aromatic carbocycles. The zero-order valence-corrected chi connectivity index (χ0v) is 16.9. The highest BCUT2D eigenvalue weighted by Crippen LogP contribution is 2.31. The van der Waals surface area contributed by atoms with E-state index in [0.29, 0.717) is 56.2 Å². The van der Waals surface area contributed by atoms with Crippen LogP contribution in [0.5, 0.6) is 0 Å². The molecule has 0 bridgehead atoms. The Hall–Kier alpha value is -2.81. The van der Waals surface area contributed by atoms with Crippen molar-refractivity contribution in [2.24, 2.45) is 5.92 Å². The molecule has 2 N–H and O–H groups in total. The Labute approximate surface area is 174 Å². The quantitative estimate of drug-likeness (QED) is 0.774. The number of carbonyl (C=O) groups excluding carboxylic acids is 2. The van der Waals surface area contributed by atoms with E-state index in [1.54, 1.807) is 24.0 Å². The van der Waals surface area contributed by atoms with E-state index in [1.807, 2.05) is 0 Å². The highest BCUT2D eigenvalue weighted by molar-refractivity contribution is 5.81. The monoisotopic (exact) mass is 415 g/mol. The summed E-state index contributed by atoms with van der Waals surface area (Å²) in [5.41, 5.74) is 0.611. The summed E-state index contributed by atoms with van der Waals surface area (Å²) in [6, 6.07) is 5.52. The van der Waals surface area contributed by atoms with Gasteiger partial charge in [0.15, 0.2) is 5.82 Å². The van der Waals surface area contributed by atoms with Crippen molar-refractivity contribution in [3.05, 3.63) is 47.3 Å². The lowest BCUT2D eigenvalue weighted by Gasteiger charge is -2.24. The van der Waals surface area contributed by atoms with Crippen LogP contribution in [-0.4, -0.2) is 57.7 Å². The molecule has 2 amide bonds. The summed E-state index contributed by atoms with van der Waals surface area (Å²) in [6.07, 6.45) is 2.05. The number of likely N-dealkylation sites (tertiary alicyclic amines) is 1. The first-order chi connectivity index (χ1) is 14.5. The number of aromatic amines is 1. The number of aryl methyl sites for hydroxylation is 1. The van der Waals surface area contributed by atoms with Crippen LogP contribution < -0.4 is 5.32 Å². The molecule has 2 atom stereocenters. The van der Waals surface area contributed by atoms with Gasteiger partial charge in [-0.3, -0.25) is 14.7 Å². The van der Waals surface area contributed by atoms with Gasteiger partial charge in [0.25, 0.3) is 0 Å². The minimum atomic E-state index is -0.371. The summed E-state index contributed by atoms with van der Waals surface area (Å²) in [5.74, 6) is 0.633. The first kappa shape index (κ1) is 20.5. The molecule has 9 heteroatoms. The molecule has 160 valence electrons. The minimum Gasteiger partial charge on any atom is -0.381 e. The third-order valence-electron chi connectivity index (χ3n) is 5.72. The van der Waals surface area contributed by atoms with Gasteiger partial charge in [-0.15, -0.1) is 0 Å². The second-order valence-corrected chi connectivity index (χ2v) is 7.98. The van der Waals surface area contributed by atoms with Gasteiger partial charge in [-0.05, 0) is 43.9 Å². The van der Waals surface area contributed by atoms with Gasteiger partial charge in [-0.25, -0.2) is 9.37 Å².